The molecule has 3 heteroatoms. The molecule has 106 valence electrons. The van der Waals surface area contributed by atoms with Crippen molar-refractivity contribution in [2.45, 2.75) is 19.9 Å². The van der Waals surface area contributed by atoms with Gasteiger partial charge in [0.2, 0.25) is 0 Å². The van der Waals surface area contributed by atoms with Gasteiger partial charge in [-0.05, 0) is 44.2 Å². The second-order valence-corrected chi connectivity index (χ2v) is 5.61. The summed E-state index contributed by atoms with van der Waals surface area (Å²) in [6.45, 7) is 4.79. The molecular formula is C17H20BrNO. The average molecular weight is 334 g/mol. The maximum Gasteiger partial charge on any atom is 0.120 e. The van der Waals surface area contributed by atoms with Gasteiger partial charge in [0.15, 0.2) is 0 Å². The van der Waals surface area contributed by atoms with Gasteiger partial charge >= 0.3 is 0 Å². The van der Waals surface area contributed by atoms with E-state index in [0.717, 1.165) is 10.2 Å². The maximum absolute atomic E-state index is 5.53. The minimum absolute atomic E-state index is 0.167. The van der Waals surface area contributed by atoms with Crippen LogP contribution in [0.2, 0.25) is 0 Å². The van der Waals surface area contributed by atoms with E-state index in [1.54, 1.807) is 0 Å². The molecule has 0 spiro atoms. The fourth-order valence-corrected chi connectivity index (χ4v) is 2.94. The highest BCUT2D eigenvalue weighted by molar-refractivity contribution is 9.10. The van der Waals surface area contributed by atoms with Crippen LogP contribution in [0.5, 0.6) is 5.75 Å². The number of benzene rings is 2. The summed E-state index contributed by atoms with van der Waals surface area (Å²) in [5.74, 6) is 0.891. The molecule has 1 atom stereocenters. The Labute approximate surface area is 129 Å². The van der Waals surface area contributed by atoms with Crippen molar-refractivity contribution in [1.29, 1.82) is 0 Å². The summed E-state index contributed by atoms with van der Waals surface area (Å²) in [5, 5.41) is 3.38. The Morgan fingerprint density at radius 3 is 2.60 bits per heavy atom. The third-order valence-corrected chi connectivity index (χ3v) is 3.94. The van der Waals surface area contributed by atoms with E-state index in [2.05, 4.69) is 58.5 Å². The molecule has 20 heavy (non-hydrogen) atoms. The van der Waals surface area contributed by atoms with Gasteiger partial charge in [0, 0.05) is 4.47 Å². The topological polar surface area (TPSA) is 21.3 Å². The summed E-state index contributed by atoms with van der Waals surface area (Å²) in [5.41, 5.74) is 3.74. The molecule has 0 amide bonds. The standard InChI is InChI=1S/C17H20BrNO/c1-4-20-14-8-9-15(16(18)11-14)17(19-3)13-7-5-6-12(2)10-13/h5-11,17,19H,4H2,1-3H3. The van der Waals surface area contributed by atoms with Crippen LogP contribution >= 0.6 is 15.9 Å². The molecule has 0 radical (unpaired) electrons. The minimum Gasteiger partial charge on any atom is -0.494 e. The lowest BCUT2D eigenvalue weighted by molar-refractivity contribution is 0.340. The molecule has 0 saturated carbocycles. The smallest absolute Gasteiger partial charge is 0.120 e. The minimum atomic E-state index is 0.167. The van der Waals surface area contributed by atoms with Crippen molar-refractivity contribution in [3.63, 3.8) is 0 Å². The van der Waals surface area contributed by atoms with Crippen LogP contribution in [0.15, 0.2) is 46.9 Å². The van der Waals surface area contributed by atoms with Crippen molar-refractivity contribution in [3.05, 3.63) is 63.6 Å². The molecule has 2 rings (SSSR count). The largest absolute Gasteiger partial charge is 0.494 e. The monoisotopic (exact) mass is 333 g/mol. The first-order valence-corrected chi connectivity index (χ1v) is 7.61. The highest BCUT2D eigenvalue weighted by Crippen LogP contribution is 2.31. The molecule has 1 unspecified atom stereocenters. The highest BCUT2D eigenvalue weighted by atomic mass is 79.9. The summed E-state index contributed by atoms with van der Waals surface area (Å²) in [6, 6.07) is 14.9. The summed E-state index contributed by atoms with van der Waals surface area (Å²) in [6.07, 6.45) is 0. The van der Waals surface area contributed by atoms with Gasteiger partial charge in [-0.25, -0.2) is 0 Å². The number of hydrogen-bond acceptors (Lipinski definition) is 2. The zero-order chi connectivity index (χ0) is 14.5. The fourth-order valence-electron chi connectivity index (χ4n) is 2.35. The Hall–Kier alpha value is -1.32. The first-order chi connectivity index (χ1) is 9.65. The lowest BCUT2D eigenvalue weighted by Crippen LogP contribution is -2.18. The summed E-state index contributed by atoms with van der Waals surface area (Å²) in [7, 11) is 1.98. The molecule has 0 aromatic heterocycles. The molecule has 0 heterocycles. The van der Waals surface area contributed by atoms with Crippen molar-refractivity contribution < 1.29 is 4.74 Å². The van der Waals surface area contributed by atoms with Gasteiger partial charge in [0.25, 0.3) is 0 Å². The van der Waals surface area contributed by atoms with E-state index in [9.17, 15) is 0 Å². The van der Waals surface area contributed by atoms with Gasteiger partial charge in [-0.2, -0.15) is 0 Å². The zero-order valence-electron chi connectivity index (χ0n) is 12.1. The maximum atomic E-state index is 5.53. The van der Waals surface area contributed by atoms with E-state index in [0.29, 0.717) is 6.61 Å². The highest BCUT2D eigenvalue weighted by Gasteiger charge is 2.15. The first kappa shape index (κ1) is 15.1. The molecule has 0 saturated heterocycles. The first-order valence-electron chi connectivity index (χ1n) is 6.81. The summed E-state index contributed by atoms with van der Waals surface area (Å²) < 4.78 is 6.59. The van der Waals surface area contributed by atoms with Gasteiger partial charge in [-0.15, -0.1) is 0 Å². The molecular weight excluding hydrogens is 314 g/mol. The summed E-state index contributed by atoms with van der Waals surface area (Å²) >= 11 is 3.65. The number of hydrogen-bond donors (Lipinski definition) is 1. The quantitative estimate of drug-likeness (QED) is 0.871. The molecule has 0 aliphatic rings. The SMILES string of the molecule is CCOc1ccc(C(NC)c2cccc(C)c2)c(Br)c1. The van der Waals surface area contributed by atoms with E-state index < -0.39 is 0 Å². The van der Waals surface area contributed by atoms with E-state index >= 15 is 0 Å². The number of ether oxygens (including phenoxy) is 1. The molecule has 0 aliphatic heterocycles. The van der Waals surface area contributed by atoms with Crippen molar-refractivity contribution in [3.8, 4) is 5.75 Å². The molecule has 0 aliphatic carbocycles. The van der Waals surface area contributed by atoms with Gasteiger partial charge < -0.3 is 10.1 Å². The Morgan fingerprint density at radius 1 is 1.20 bits per heavy atom. The second-order valence-electron chi connectivity index (χ2n) is 4.75. The molecule has 0 fully saturated rings. The van der Waals surface area contributed by atoms with Crippen LogP contribution in [0.4, 0.5) is 0 Å². The lowest BCUT2D eigenvalue weighted by Gasteiger charge is -2.20. The van der Waals surface area contributed by atoms with Crippen molar-refractivity contribution in [1.82, 2.24) is 5.32 Å². The number of halogens is 1. The number of nitrogens with one attached hydrogen (secondary N) is 1. The molecule has 2 nitrogen and oxygen atoms in total. The molecule has 0 bridgehead atoms. The molecule has 1 N–H and O–H groups in total. The third kappa shape index (κ3) is 3.41. The Balaban J connectivity index is 2.37. The van der Waals surface area contributed by atoms with Crippen LogP contribution in [-0.4, -0.2) is 13.7 Å². The van der Waals surface area contributed by atoms with Crippen LogP contribution in [-0.2, 0) is 0 Å². The van der Waals surface area contributed by atoms with Crippen LogP contribution in [0.25, 0.3) is 0 Å². The second kappa shape index (κ2) is 6.91. The van der Waals surface area contributed by atoms with E-state index in [4.69, 9.17) is 4.74 Å². The summed E-state index contributed by atoms with van der Waals surface area (Å²) in [4.78, 5) is 0. The van der Waals surface area contributed by atoms with Crippen LogP contribution in [0.3, 0.4) is 0 Å². The zero-order valence-corrected chi connectivity index (χ0v) is 13.7. The molecule has 2 aromatic carbocycles. The van der Waals surface area contributed by atoms with Crippen LogP contribution in [0, 0.1) is 6.92 Å². The normalized spacial score (nSPS) is 12.2. The van der Waals surface area contributed by atoms with E-state index in [1.165, 1.54) is 16.7 Å². The van der Waals surface area contributed by atoms with E-state index in [-0.39, 0.29) is 6.04 Å². The van der Waals surface area contributed by atoms with Gasteiger partial charge in [0.05, 0.1) is 12.6 Å². The Bertz CT molecular complexity index is 583. The predicted octanol–water partition coefficient (Wildman–Crippen LogP) is 4.47. The number of rotatable bonds is 5. The Morgan fingerprint density at radius 2 is 2.00 bits per heavy atom. The fraction of sp³-hybridized carbons (Fsp3) is 0.294. The lowest BCUT2D eigenvalue weighted by atomic mass is 9.97. The third-order valence-electron chi connectivity index (χ3n) is 3.26. The van der Waals surface area contributed by atoms with Gasteiger partial charge in [0.1, 0.15) is 5.75 Å². The van der Waals surface area contributed by atoms with E-state index in [1.807, 2.05) is 26.1 Å². The molecule has 2 aromatic rings. The Kier molecular flexibility index (Phi) is 5.21. The van der Waals surface area contributed by atoms with Crippen molar-refractivity contribution in [2.75, 3.05) is 13.7 Å². The average Bonchev–Trinajstić information content (AvgIpc) is 2.42. The van der Waals surface area contributed by atoms with Crippen molar-refractivity contribution in [2.24, 2.45) is 0 Å². The van der Waals surface area contributed by atoms with Crippen LogP contribution in [0.1, 0.15) is 29.7 Å². The van der Waals surface area contributed by atoms with Gasteiger partial charge in [-0.3, -0.25) is 0 Å². The predicted molar refractivity (Wildman–Crippen MR) is 87.4 cm³/mol. The number of aryl methyl sites for hydroxylation is 1. The van der Waals surface area contributed by atoms with Crippen molar-refractivity contribution >= 4 is 15.9 Å². The van der Waals surface area contributed by atoms with Gasteiger partial charge in [-0.1, -0.05) is 51.8 Å². The van der Waals surface area contributed by atoms with Crippen LogP contribution < -0.4 is 10.1 Å².